The summed E-state index contributed by atoms with van der Waals surface area (Å²) in [5.74, 6) is 0. The zero-order valence-corrected chi connectivity index (χ0v) is 12.5. The summed E-state index contributed by atoms with van der Waals surface area (Å²) in [5, 5.41) is 7.59. The summed E-state index contributed by atoms with van der Waals surface area (Å²) >= 11 is 0. The second-order valence-electron chi connectivity index (χ2n) is 4.99. The summed E-state index contributed by atoms with van der Waals surface area (Å²) in [4.78, 5) is 0.252. The molecule has 1 heterocycles. The summed E-state index contributed by atoms with van der Waals surface area (Å²) in [7, 11) is -3.62. The maximum absolute atomic E-state index is 12.5. The van der Waals surface area contributed by atoms with Crippen LogP contribution < -0.4 is 4.72 Å². The molecule has 0 bridgehead atoms. The third kappa shape index (κ3) is 2.50. The van der Waals surface area contributed by atoms with Crippen LogP contribution >= 0.6 is 0 Å². The van der Waals surface area contributed by atoms with Gasteiger partial charge in [-0.15, -0.1) is 0 Å². The standard InChI is InChI=1S/C15H15N3O2S/c1-10-6-7-13(8-11(10)2)21(19,20)18-14-5-3-4-12-9-16-17-15(12)14/h3-9,18H,1-2H3,(H,16,17). The number of nitrogens with zero attached hydrogens (tertiary/aromatic N) is 1. The summed E-state index contributed by atoms with van der Waals surface area (Å²) in [6.07, 6.45) is 1.66. The molecule has 6 heteroatoms. The van der Waals surface area contributed by atoms with Crippen LogP contribution in [0.15, 0.2) is 47.5 Å². The van der Waals surface area contributed by atoms with Gasteiger partial charge in [0.15, 0.2) is 0 Å². The SMILES string of the molecule is Cc1ccc(S(=O)(=O)Nc2cccc3cn[nH]c23)cc1C. The molecule has 0 unspecified atom stereocenters. The van der Waals surface area contributed by atoms with E-state index in [0.29, 0.717) is 11.2 Å². The summed E-state index contributed by atoms with van der Waals surface area (Å²) in [6, 6.07) is 10.4. The van der Waals surface area contributed by atoms with E-state index in [-0.39, 0.29) is 4.90 Å². The fourth-order valence-electron chi connectivity index (χ4n) is 2.14. The minimum atomic E-state index is -3.62. The van der Waals surface area contributed by atoms with E-state index in [9.17, 15) is 8.42 Å². The number of fused-ring (bicyclic) bond motifs is 1. The molecule has 0 amide bonds. The Labute approximate surface area is 123 Å². The van der Waals surface area contributed by atoms with Crippen LogP contribution in [0.25, 0.3) is 10.9 Å². The van der Waals surface area contributed by atoms with Gasteiger partial charge in [-0.2, -0.15) is 5.10 Å². The fourth-order valence-corrected chi connectivity index (χ4v) is 3.30. The number of sulfonamides is 1. The number of H-pyrrole nitrogens is 1. The van der Waals surface area contributed by atoms with Crippen molar-refractivity contribution in [1.82, 2.24) is 10.2 Å². The van der Waals surface area contributed by atoms with Crippen LogP contribution in [0.2, 0.25) is 0 Å². The van der Waals surface area contributed by atoms with Gasteiger partial charge >= 0.3 is 0 Å². The van der Waals surface area contributed by atoms with Crippen molar-refractivity contribution in [3.05, 3.63) is 53.7 Å². The van der Waals surface area contributed by atoms with Gasteiger partial charge < -0.3 is 0 Å². The van der Waals surface area contributed by atoms with Gasteiger partial charge in [-0.3, -0.25) is 9.82 Å². The van der Waals surface area contributed by atoms with E-state index < -0.39 is 10.0 Å². The molecule has 0 saturated heterocycles. The highest BCUT2D eigenvalue weighted by molar-refractivity contribution is 7.92. The lowest BCUT2D eigenvalue weighted by Gasteiger charge is -2.10. The molecule has 0 saturated carbocycles. The third-order valence-corrected chi connectivity index (χ3v) is 4.87. The molecule has 108 valence electrons. The largest absolute Gasteiger partial charge is 0.277 e. The number of aromatic amines is 1. The zero-order chi connectivity index (χ0) is 15.0. The molecule has 2 N–H and O–H groups in total. The maximum atomic E-state index is 12.5. The smallest absolute Gasteiger partial charge is 0.261 e. The van der Waals surface area contributed by atoms with Crippen molar-refractivity contribution in [2.24, 2.45) is 0 Å². The van der Waals surface area contributed by atoms with Crippen LogP contribution in [0.3, 0.4) is 0 Å². The topological polar surface area (TPSA) is 74.8 Å². The van der Waals surface area contributed by atoms with Crippen molar-refractivity contribution in [2.75, 3.05) is 4.72 Å². The van der Waals surface area contributed by atoms with E-state index in [0.717, 1.165) is 16.5 Å². The van der Waals surface area contributed by atoms with Crippen molar-refractivity contribution in [3.8, 4) is 0 Å². The molecule has 3 aromatic rings. The van der Waals surface area contributed by atoms with Crippen LogP contribution in [0, 0.1) is 13.8 Å². The first-order valence-electron chi connectivity index (χ1n) is 6.49. The molecule has 2 aromatic carbocycles. The Hall–Kier alpha value is -2.34. The number of nitrogens with one attached hydrogen (secondary N) is 2. The van der Waals surface area contributed by atoms with Crippen LogP contribution in [0.1, 0.15) is 11.1 Å². The molecule has 3 rings (SSSR count). The van der Waals surface area contributed by atoms with Gasteiger partial charge in [0.2, 0.25) is 0 Å². The summed E-state index contributed by atoms with van der Waals surface area (Å²) in [5.41, 5.74) is 3.16. The second-order valence-corrected chi connectivity index (χ2v) is 6.67. The number of rotatable bonds is 3. The van der Waals surface area contributed by atoms with Crippen molar-refractivity contribution in [3.63, 3.8) is 0 Å². The predicted octanol–water partition coefficient (Wildman–Crippen LogP) is 2.98. The first-order valence-corrected chi connectivity index (χ1v) is 7.98. The first-order chi connectivity index (χ1) is 9.97. The van der Waals surface area contributed by atoms with Gasteiger partial charge in [-0.05, 0) is 43.2 Å². The zero-order valence-electron chi connectivity index (χ0n) is 11.7. The van der Waals surface area contributed by atoms with Crippen LogP contribution in [-0.2, 0) is 10.0 Å². The van der Waals surface area contributed by atoms with Gasteiger partial charge in [-0.1, -0.05) is 18.2 Å². The fraction of sp³-hybridized carbons (Fsp3) is 0.133. The van der Waals surface area contributed by atoms with Crippen molar-refractivity contribution in [1.29, 1.82) is 0 Å². The molecule has 0 fully saturated rings. The highest BCUT2D eigenvalue weighted by Gasteiger charge is 2.16. The monoisotopic (exact) mass is 301 g/mol. The Balaban J connectivity index is 2.03. The number of aryl methyl sites for hydroxylation is 2. The maximum Gasteiger partial charge on any atom is 0.261 e. The third-order valence-electron chi connectivity index (χ3n) is 3.51. The van der Waals surface area contributed by atoms with Gasteiger partial charge in [0.05, 0.1) is 22.3 Å². The highest BCUT2D eigenvalue weighted by Crippen LogP contribution is 2.24. The van der Waals surface area contributed by atoms with Crippen molar-refractivity contribution in [2.45, 2.75) is 18.7 Å². The molecule has 0 spiro atoms. The second kappa shape index (κ2) is 4.89. The molecule has 5 nitrogen and oxygen atoms in total. The van der Waals surface area contributed by atoms with Gasteiger partial charge in [0.1, 0.15) is 0 Å². The summed E-state index contributed by atoms with van der Waals surface area (Å²) < 4.78 is 27.6. The number of para-hydroxylation sites is 1. The lowest BCUT2D eigenvalue weighted by Crippen LogP contribution is -2.13. The number of aromatic nitrogens is 2. The number of benzene rings is 2. The van der Waals surface area contributed by atoms with Crippen LogP contribution in [0.5, 0.6) is 0 Å². The molecule has 0 aliphatic carbocycles. The lowest BCUT2D eigenvalue weighted by molar-refractivity contribution is 0.601. The van der Waals surface area contributed by atoms with Gasteiger partial charge in [-0.25, -0.2) is 8.42 Å². The van der Waals surface area contributed by atoms with E-state index in [2.05, 4.69) is 14.9 Å². The van der Waals surface area contributed by atoms with Crippen molar-refractivity contribution >= 4 is 26.6 Å². The highest BCUT2D eigenvalue weighted by atomic mass is 32.2. The molecular weight excluding hydrogens is 286 g/mol. The normalized spacial score (nSPS) is 11.7. The van der Waals surface area contributed by atoms with Crippen LogP contribution in [0.4, 0.5) is 5.69 Å². The lowest BCUT2D eigenvalue weighted by atomic mass is 10.1. The van der Waals surface area contributed by atoms with Crippen molar-refractivity contribution < 1.29 is 8.42 Å². The minimum Gasteiger partial charge on any atom is -0.277 e. The van der Waals surface area contributed by atoms with E-state index >= 15 is 0 Å². The minimum absolute atomic E-state index is 0.252. The van der Waals surface area contributed by atoms with E-state index in [4.69, 9.17) is 0 Å². The molecule has 0 aliphatic heterocycles. The number of hydrogen-bond acceptors (Lipinski definition) is 3. The Kier molecular flexibility index (Phi) is 3.17. The summed E-state index contributed by atoms with van der Waals surface area (Å²) in [6.45, 7) is 3.84. The predicted molar refractivity (Wildman–Crippen MR) is 82.8 cm³/mol. The van der Waals surface area contributed by atoms with E-state index in [1.54, 1.807) is 36.5 Å². The molecule has 0 atom stereocenters. The Morgan fingerprint density at radius 1 is 1.10 bits per heavy atom. The average Bonchev–Trinajstić information content (AvgIpc) is 2.91. The Morgan fingerprint density at radius 2 is 1.90 bits per heavy atom. The van der Waals surface area contributed by atoms with E-state index in [1.165, 1.54) is 0 Å². The Bertz CT molecular complexity index is 914. The average molecular weight is 301 g/mol. The number of hydrogen-bond donors (Lipinski definition) is 2. The van der Waals surface area contributed by atoms with E-state index in [1.807, 2.05) is 19.9 Å². The molecule has 1 aromatic heterocycles. The quantitative estimate of drug-likeness (QED) is 0.781. The molecule has 21 heavy (non-hydrogen) atoms. The first kappa shape index (κ1) is 13.6. The number of anilines is 1. The van der Waals surface area contributed by atoms with Crippen LogP contribution in [-0.4, -0.2) is 18.6 Å². The molecule has 0 radical (unpaired) electrons. The van der Waals surface area contributed by atoms with Gasteiger partial charge in [0, 0.05) is 5.39 Å². The molecule has 0 aliphatic rings. The Morgan fingerprint density at radius 3 is 2.67 bits per heavy atom. The molecular formula is C15H15N3O2S. The van der Waals surface area contributed by atoms with Gasteiger partial charge in [0.25, 0.3) is 10.0 Å².